The fourth-order valence-electron chi connectivity index (χ4n) is 1.97. The van der Waals surface area contributed by atoms with Crippen LogP contribution in [0.25, 0.3) is 0 Å². The summed E-state index contributed by atoms with van der Waals surface area (Å²) in [7, 11) is 0. The van der Waals surface area contributed by atoms with Crippen LogP contribution in [0.4, 0.5) is 0 Å². The number of hydrogen-bond donors (Lipinski definition) is 1. The molecule has 2 heterocycles. The van der Waals surface area contributed by atoms with E-state index in [1.165, 1.54) is 0 Å². The summed E-state index contributed by atoms with van der Waals surface area (Å²) in [6.07, 6.45) is 2.25. The predicted octanol–water partition coefficient (Wildman–Crippen LogP) is 0.715. The molecule has 4 nitrogen and oxygen atoms in total. The summed E-state index contributed by atoms with van der Waals surface area (Å²) in [5.41, 5.74) is 0.714. The lowest BCUT2D eigenvalue weighted by Crippen LogP contribution is -2.31. The molecule has 82 valence electrons. The predicted molar refractivity (Wildman–Crippen MR) is 56.6 cm³/mol. The monoisotopic (exact) mass is 208 g/mol. The van der Waals surface area contributed by atoms with Crippen molar-refractivity contribution in [3.8, 4) is 0 Å². The van der Waals surface area contributed by atoms with Gasteiger partial charge in [-0.3, -0.25) is 4.79 Å². The number of carbonyl (C=O) groups is 1. The molecule has 15 heavy (non-hydrogen) atoms. The third kappa shape index (κ3) is 1.90. The highest BCUT2D eigenvalue weighted by atomic mass is 16.3. The summed E-state index contributed by atoms with van der Waals surface area (Å²) in [6, 6.07) is 3.71. The number of likely N-dealkylation sites (tertiary alicyclic amines) is 1. The summed E-state index contributed by atoms with van der Waals surface area (Å²) in [5.74, 6) is 0.0263. The van der Waals surface area contributed by atoms with Crippen LogP contribution in [-0.4, -0.2) is 39.7 Å². The average molecular weight is 208 g/mol. The molecule has 1 aliphatic heterocycles. The molecule has 0 radical (unpaired) electrons. The number of hydrogen-bond acceptors (Lipinski definition) is 2. The number of carbonyl (C=O) groups excluding carboxylic acids is 1. The van der Waals surface area contributed by atoms with Gasteiger partial charge in [0.15, 0.2) is 0 Å². The Bertz CT molecular complexity index is 359. The molecule has 1 amide bonds. The number of β-amino-alcohol motifs (C(OH)–C–C–N with tert-alkyl or cyclic N) is 1. The number of aromatic nitrogens is 1. The molecular formula is C11H16N2O2. The molecule has 1 atom stereocenters. The second-order valence-electron chi connectivity index (χ2n) is 3.87. The summed E-state index contributed by atoms with van der Waals surface area (Å²) >= 11 is 0. The van der Waals surface area contributed by atoms with Crippen molar-refractivity contribution in [2.45, 2.75) is 26.0 Å². The lowest BCUT2D eigenvalue weighted by Gasteiger charge is -2.16. The standard InChI is InChI=1S/C11H16N2O2/c1-2-12-6-3-4-10(12)11(15)13-7-5-9(14)8-13/h3-4,6,9,14H,2,5,7-8H2,1H3. The molecule has 1 aliphatic rings. The summed E-state index contributed by atoms with van der Waals surface area (Å²) in [4.78, 5) is 13.7. The molecule has 4 heteroatoms. The van der Waals surface area contributed by atoms with Gasteiger partial charge in [-0.25, -0.2) is 0 Å². The van der Waals surface area contributed by atoms with Gasteiger partial charge in [0, 0.05) is 25.8 Å². The zero-order chi connectivity index (χ0) is 10.8. The van der Waals surface area contributed by atoms with Crippen molar-refractivity contribution >= 4 is 5.91 Å². The van der Waals surface area contributed by atoms with Crippen LogP contribution in [0.3, 0.4) is 0 Å². The molecule has 0 aromatic carbocycles. The van der Waals surface area contributed by atoms with Crippen molar-refractivity contribution in [2.24, 2.45) is 0 Å². The maximum atomic E-state index is 12.0. The molecule has 1 aromatic heterocycles. The smallest absolute Gasteiger partial charge is 0.270 e. The maximum Gasteiger partial charge on any atom is 0.270 e. The maximum absolute atomic E-state index is 12.0. The second-order valence-corrected chi connectivity index (χ2v) is 3.87. The van der Waals surface area contributed by atoms with E-state index in [0.29, 0.717) is 25.2 Å². The first-order valence-electron chi connectivity index (χ1n) is 5.35. The van der Waals surface area contributed by atoms with Crippen molar-refractivity contribution in [3.63, 3.8) is 0 Å². The van der Waals surface area contributed by atoms with E-state index in [0.717, 1.165) is 6.54 Å². The molecule has 0 spiro atoms. The van der Waals surface area contributed by atoms with E-state index < -0.39 is 0 Å². The Morgan fingerprint density at radius 2 is 2.47 bits per heavy atom. The third-order valence-electron chi connectivity index (χ3n) is 2.84. The van der Waals surface area contributed by atoms with Crippen molar-refractivity contribution in [2.75, 3.05) is 13.1 Å². The minimum atomic E-state index is -0.348. The lowest BCUT2D eigenvalue weighted by molar-refractivity contribution is 0.0754. The fourth-order valence-corrected chi connectivity index (χ4v) is 1.97. The number of aliphatic hydroxyl groups is 1. The van der Waals surface area contributed by atoms with Crippen LogP contribution in [0.5, 0.6) is 0 Å². The Morgan fingerprint density at radius 1 is 1.67 bits per heavy atom. The summed E-state index contributed by atoms with van der Waals surface area (Å²) < 4.78 is 1.92. The number of amides is 1. The molecule has 2 rings (SSSR count). The van der Waals surface area contributed by atoms with Gasteiger partial charge in [-0.1, -0.05) is 0 Å². The minimum Gasteiger partial charge on any atom is -0.391 e. The van der Waals surface area contributed by atoms with Gasteiger partial charge < -0.3 is 14.6 Å². The van der Waals surface area contributed by atoms with Crippen LogP contribution >= 0.6 is 0 Å². The first kappa shape index (κ1) is 10.2. The minimum absolute atomic E-state index is 0.0263. The molecule has 1 saturated heterocycles. The second kappa shape index (κ2) is 4.06. The highest BCUT2D eigenvalue weighted by Gasteiger charge is 2.26. The Balaban J connectivity index is 2.14. The van der Waals surface area contributed by atoms with Crippen LogP contribution < -0.4 is 0 Å². The van der Waals surface area contributed by atoms with Crippen molar-refractivity contribution in [3.05, 3.63) is 24.0 Å². The molecular weight excluding hydrogens is 192 g/mol. The van der Waals surface area contributed by atoms with E-state index in [1.807, 2.05) is 29.8 Å². The molecule has 0 bridgehead atoms. The third-order valence-corrected chi connectivity index (χ3v) is 2.84. The van der Waals surface area contributed by atoms with Crippen molar-refractivity contribution < 1.29 is 9.90 Å². The Hall–Kier alpha value is -1.29. The van der Waals surface area contributed by atoms with Crippen LogP contribution in [0.15, 0.2) is 18.3 Å². The first-order chi connectivity index (χ1) is 7.22. The van der Waals surface area contributed by atoms with Gasteiger partial charge in [0.1, 0.15) is 5.69 Å². The Kier molecular flexibility index (Phi) is 2.77. The first-order valence-corrected chi connectivity index (χ1v) is 5.35. The molecule has 1 N–H and O–H groups in total. The number of aliphatic hydroxyl groups excluding tert-OH is 1. The van der Waals surface area contributed by atoms with E-state index in [1.54, 1.807) is 4.90 Å². The normalized spacial score (nSPS) is 20.9. The van der Waals surface area contributed by atoms with Crippen LogP contribution in [0, 0.1) is 0 Å². The molecule has 1 aromatic rings. The van der Waals surface area contributed by atoms with Gasteiger partial charge in [-0.15, -0.1) is 0 Å². The van der Waals surface area contributed by atoms with Crippen LogP contribution in [-0.2, 0) is 6.54 Å². The Morgan fingerprint density at radius 3 is 3.07 bits per heavy atom. The quantitative estimate of drug-likeness (QED) is 0.778. The van der Waals surface area contributed by atoms with Gasteiger partial charge in [-0.05, 0) is 25.5 Å². The zero-order valence-corrected chi connectivity index (χ0v) is 8.89. The van der Waals surface area contributed by atoms with Crippen molar-refractivity contribution in [1.29, 1.82) is 0 Å². The summed E-state index contributed by atoms with van der Waals surface area (Å²) in [6.45, 7) is 3.93. The van der Waals surface area contributed by atoms with E-state index in [4.69, 9.17) is 0 Å². The lowest BCUT2D eigenvalue weighted by atomic mass is 10.3. The van der Waals surface area contributed by atoms with Crippen LogP contribution in [0.2, 0.25) is 0 Å². The number of aryl methyl sites for hydroxylation is 1. The highest BCUT2D eigenvalue weighted by Crippen LogP contribution is 2.14. The van der Waals surface area contributed by atoms with E-state index in [2.05, 4.69) is 0 Å². The van der Waals surface area contributed by atoms with Crippen molar-refractivity contribution in [1.82, 2.24) is 9.47 Å². The summed E-state index contributed by atoms with van der Waals surface area (Å²) in [5, 5.41) is 9.37. The average Bonchev–Trinajstić information content (AvgIpc) is 2.84. The highest BCUT2D eigenvalue weighted by molar-refractivity contribution is 5.93. The Labute approximate surface area is 89.1 Å². The van der Waals surface area contributed by atoms with E-state index >= 15 is 0 Å². The SMILES string of the molecule is CCn1cccc1C(=O)N1CCC(O)C1. The molecule has 0 saturated carbocycles. The van der Waals surface area contributed by atoms with Crippen LogP contribution in [0.1, 0.15) is 23.8 Å². The van der Waals surface area contributed by atoms with Gasteiger partial charge in [0.25, 0.3) is 5.91 Å². The zero-order valence-electron chi connectivity index (χ0n) is 8.89. The van der Waals surface area contributed by atoms with Gasteiger partial charge >= 0.3 is 0 Å². The van der Waals surface area contributed by atoms with Gasteiger partial charge in [0.05, 0.1) is 6.10 Å². The van der Waals surface area contributed by atoms with E-state index in [-0.39, 0.29) is 12.0 Å². The fraction of sp³-hybridized carbons (Fsp3) is 0.545. The van der Waals surface area contributed by atoms with E-state index in [9.17, 15) is 9.90 Å². The molecule has 0 aliphatic carbocycles. The molecule has 1 fully saturated rings. The largest absolute Gasteiger partial charge is 0.391 e. The molecule has 1 unspecified atom stereocenters. The van der Waals surface area contributed by atoms with Gasteiger partial charge in [-0.2, -0.15) is 0 Å². The number of nitrogens with zero attached hydrogens (tertiary/aromatic N) is 2. The topological polar surface area (TPSA) is 45.5 Å². The van der Waals surface area contributed by atoms with Gasteiger partial charge in [0.2, 0.25) is 0 Å². The number of rotatable bonds is 2.